The molecule has 2 aromatic heterocycles. The third kappa shape index (κ3) is 4.92. The van der Waals surface area contributed by atoms with Crippen LogP contribution in [0.3, 0.4) is 0 Å². The number of carbonyl (C=O) groups excluding carboxylic acids is 2. The van der Waals surface area contributed by atoms with E-state index in [1.165, 1.54) is 11.3 Å². The lowest BCUT2D eigenvalue weighted by Crippen LogP contribution is -2.15. The Hall–Kier alpha value is -2.93. The molecule has 0 aliphatic heterocycles. The molecule has 0 fully saturated rings. The predicted molar refractivity (Wildman–Crippen MR) is 112 cm³/mol. The van der Waals surface area contributed by atoms with Crippen molar-refractivity contribution in [3.63, 3.8) is 0 Å². The van der Waals surface area contributed by atoms with E-state index >= 15 is 0 Å². The molecule has 29 heavy (non-hydrogen) atoms. The zero-order valence-electron chi connectivity index (χ0n) is 16.8. The van der Waals surface area contributed by atoms with Crippen LogP contribution in [0.5, 0.6) is 5.75 Å². The predicted octanol–water partition coefficient (Wildman–Crippen LogP) is 4.31. The van der Waals surface area contributed by atoms with Crippen LogP contribution in [-0.2, 0) is 16.0 Å². The maximum absolute atomic E-state index is 12.6. The molecule has 0 saturated heterocycles. The summed E-state index contributed by atoms with van der Waals surface area (Å²) in [6.45, 7) is 6.01. The van der Waals surface area contributed by atoms with Crippen LogP contribution in [0.1, 0.15) is 40.7 Å². The summed E-state index contributed by atoms with van der Waals surface area (Å²) < 4.78 is 12.7. The van der Waals surface area contributed by atoms with Gasteiger partial charge in [0, 0.05) is 34.9 Å². The summed E-state index contributed by atoms with van der Waals surface area (Å²) in [4.78, 5) is 29.0. The van der Waals surface area contributed by atoms with Crippen LogP contribution in [-0.4, -0.2) is 34.5 Å². The summed E-state index contributed by atoms with van der Waals surface area (Å²) in [6.07, 6.45) is 2.42. The normalized spacial score (nSPS) is 10.7. The molecule has 0 amide bonds. The highest BCUT2D eigenvalue weighted by Crippen LogP contribution is 2.23. The molecule has 0 N–H and O–H groups in total. The van der Waals surface area contributed by atoms with Gasteiger partial charge in [-0.3, -0.25) is 14.2 Å². The van der Waals surface area contributed by atoms with Gasteiger partial charge in [0.2, 0.25) is 5.78 Å². The molecule has 0 atom stereocenters. The first-order valence-corrected chi connectivity index (χ1v) is 10.4. The second-order valence-corrected chi connectivity index (χ2v) is 7.43. The average Bonchev–Trinajstić information content (AvgIpc) is 3.33. The number of Topliss-reactive ketones (excluding diaryl/α,β-unsaturated/α-hetero) is 1. The molecule has 3 aromatic rings. The van der Waals surface area contributed by atoms with Gasteiger partial charge in [-0.05, 0) is 44.9 Å². The second-order valence-electron chi connectivity index (χ2n) is 6.56. The molecular formula is C22H24N2O4S. The van der Waals surface area contributed by atoms with E-state index in [0.29, 0.717) is 18.6 Å². The number of hydrogen-bond acceptors (Lipinski definition) is 6. The van der Waals surface area contributed by atoms with Crippen LogP contribution in [0.4, 0.5) is 0 Å². The van der Waals surface area contributed by atoms with Gasteiger partial charge in [0.05, 0.1) is 6.61 Å². The maximum Gasteiger partial charge on any atom is 0.306 e. The highest BCUT2D eigenvalue weighted by atomic mass is 32.1. The lowest BCUT2D eigenvalue weighted by atomic mass is 10.1. The first-order valence-electron chi connectivity index (χ1n) is 9.49. The third-order valence-electron chi connectivity index (χ3n) is 4.58. The molecule has 0 aliphatic carbocycles. The van der Waals surface area contributed by atoms with Gasteiger partial charge in [0.15, 0.2) is 11.7 Å². The summed E-state index contributed by atoms with van der Waals surface area (Å²) in [5.41, 5.74) is 3.21. The molecule has 0 saturated carbocycles. The Kier molecular flexibility index (Phi) is 6.82. The smallest absolute Gasteiger partial charge is 0.306 e. The minimum atomic E-state index is -0.404. The molecule has 1 aromatic carbocycles. The molecule has 0 spiro atoms. The summed E-state index contributed by atoms with van der Waals surface area (Å²) in [5.74, 6) is 0.149. The van der Waals surface area contributed by atoms with E-state index in [1.54, 1.807) is 6.20 Å². The number of ketones is 1. The van der Waals surface area contributed by atoms with Gasteiger partial charge in [-0.15, -0.1) is 11.3 Å². The number of aromatic nitrogens is 2. The molecular weight excluding hydrogens is 388 g/mol. The average molecular weight is 413 g/mol. The number of thiazole rings is 1. The van der Waals surface area contributed by atoms with Crippen molar-refractivity contribution in [2.75, 3.05) is 13.2 Å². The Morgan fingerprint density at radius 2 is 2.00 bits per heavy atom. The van der Waals surface area contributed by atoms with Crippen LogP contribution >= 0.6 is 11.3 Å². The number of benzene rings is 1. The first kappa shape index (κ1) is 20.8. The lowest BCUT2D eigenvalue weighted by Gasteiger charge is -2.10. The van der Waals surface area contributed by atoms with E-state index in [1.807, 2.05) is 61.1 Å². The van der Waals surface area contributed by atoms with Crippen molar-refractivity contribution >= 4 is 23.1 Å². The molecule has 6 nitrogen and oxygen atoms in total. The number of aryl methyl sites for hydroxylation is 2. The fraction of sp³-hybridized carbons (Fsp3) is 0.318. The largest absolute Gasteiger partial charge is 0.494 e. The molecule has 0 radical (unpaired) electrons. The van der Waals surface area contributed by atoms with Crippen molar-refractivity contribution < 1.29 is 19.1 Å². The van der Waals surface area contributed by atoms with Crippen molar-refractivity contribution in [2.45, 2.75) is 33.6 Å². The van der Waals surface area contributed by atoms with E-state index in [-0.39, 0.29) is 18.8 Å². The minimum Gasteiger partial charge on any atom is -0.494 e. The minimum absolute atomic E-state index is 0.190. The molecule has 7 heteroatoms. The van der Waals surface area contributed by atoms with E-state index in [2.05, 4.69) is 4.98 Å². The summed E-state index contributed by atoms with van der Waals surface area (Å²) in [5, 5.41) is 2.70. The number of ether oxygens (including phenoxy) is 2. The number of carbonyl (C=O) groups is 2. The molecule has 2 heterocycles. The van der Waals surface area contributed by atoms with Gasteiger partial charge in [0.1, 0.15) is 5.75 Å². The monoisotopic (exact) mass is 412 g/mol. The fourth-order valence-electron chi connectivity index (χ4n) is 3.21. The Morgan fingerprint density at radius 1 is 1.21 bits per heavy atom. The van der Waals surface area contributed by atoms with Gasteiger partial charge in [-0.1, -0.05) is 18.2 Å². The number of esters is 1. The summed E-state index contributed by atoms with van der Waals surface area (Å²) in [7, 11) is 0. The van der Waals surface area contributed by atoms with Crippen LogP contribution < -0.4 is 4.74 Å². The number of rotatable bonds is 9. The maximum atomic E-state index is 12.6. The SMILES string of the molecule is CCOc1ccccc1CCC(=O)OCC(=O)c1cc(C)n(-c2nccs2)c1C. The highest BCUT2D eigenvalue weighted by molar-refractivity contribution is 7.12. The van der Waals surface area contributed by atoms with Crippen LogP contribution in [0.15, 0.2) is 41.9 Å². The van der Waals surface area contributed by atoms with Gasteiger partial charge < -0.3 is 9.47 Å². The van der Waals surface area contributed by atoms with Gasteiger partial charge >= 0.3 is 5.97 Å². The van der Waals surface area contributed by atoms with Crippen LogP contribution in [0.25, 0.3) is 5.13 Å². The molecule has 152 valence electrons. The fourth-order valence-corrected chi connectivity index (χ4v) is 3.96. The standard InChI is InChI=1S/C22H24N2O4S/c1-4-27-20-8-6-5-7-17(20)9-10-21(26)28-14-19(25)18-13-15(2)24(16(18)3)22-23-11-12-29-22/h5-8,11-13H,4,9-10,14H2,1-3H3. The number of para-hydroxylation sites is 1. The quantitative estimate of drug-likeness (QED) is 0.387. The van der Waals surface area contributed by atoms with E-state index < -0.39 is 5.97 Å². The highest BCUT2D eigenvalue weighted by Gasteiger charge is 2.19. The van der Waals surface area contributed by atoms with Crippen molar-refractivity contribution in [3.8, 4) is 10.9 Å². The van der Waals surface area contributed by atoms with Crippen LogP contribution in [0, 0.1) is 13.8 Å². The Bertz CT molecular complexity index is 992. The van der Waals surface area contributed by atoms with Gasteiger partial charge in [0.25, 0.3) is 0 Å². The zero-order valence-corrected chi connectivity index (χ0v) is 17.6. The molecule has 0 bridgehead atoms. The van der Waals surface area contributed by atoms with E-state index in [4.69, 9.17) is 9.47 Å². The molecule has 0 unspecified atom stereocenters. The van der Waals surface area contributed by atoms with Gasteiger partial charge in [-0.2, -0.15) is 0 Å². The Labute approximate surface area is 174 Å². The van der Waals surface area contributed by atoms with E-state index in [9.17, 15) is 9.59 Å². The first-order chi connectivity index (χ1) is 14.0. The van der Waals surface area contributed by atoms with Crippen molar-refractivity contribution in [3.05, 3.63) is 64.4 Å². The number of hydrogen-bond donors (Lipinski definition) is 0. The van der Waals surface area contributed by atoms with E-state index in [0.717, 1.165) is 27.8 Å². The second kappa shape index (κ2) is 9.52. The Balaban J connectivity index is 1.57. The zero-order chi connectivity index (χ0) is 20.8. The van der Waals surface area contributed by atoms with Crippen molar-refractivity contribution in [2.24, 2.45) is 0 Å². The number of nitrogens with zero attached hydrogens (tertiary/aromatic N) is 2. The summed E-state index contributed by atoms with van der Waals surface area (Å²) >= 11 is 1.50. The third-order valence-corrected chi connectivity index (χ3v) is 5.33. The topological polar surface area (TPSA) is 70.4 Å². The van der Waals surface area contributed by atoms with Crippen LogP contribution in [0.2, 0.25) is 0 Å². The Morgan fingerprint density at radius 3 is 2.72 bits per heavy atom. The lowest BCUT2D eigenvalue weighted by molar-refractivity contribution is -0.142. The van der Waals surface area contributed by atoms with Gasteiger partial charge in [-0.25, -0.2) is 4.98 Å². The van der Waals surface area contributed by atoms with Crippen molar-refractivity contribution in [1.82, 2.24) is 9.55 Å². The van der Waals surface area contributed by atoms with Crippen molar-refractivity contribution in [1.29, 1.82) is 0 Å². The molecule has 0 aliphatic rings. The summed E-state index contributed by atoms with van der Waals surface area (Å²) in [6, 6.07) is 9.42. The molecule has 3 rings (SSSR count).